The van der Waals surface area contributed by atoms with Crippen LogP contribution in [0.3, 0.4) is 0 Å². The molecule has 0 atom stereocenters. The van der Waals surface area contributed by atoms with E-state index >= 15 is 0 Å². The van der Waals surface area contributed by atoms with Crippen LogP contribution in [0, 0.1) is 0 Å². The molecule has 0 radical (unpaired) electrons. The first-order valence-electron chi connectivity index (χ1n) is 7.16. The second kappa shape index (κ2) is 4.94. The lowest BCUT2D eigenvalue weighted by atomic mass is 9.89. The van der Waals surface area contributed by atoms with Crippen molar-refractivity contribution in [1.82, 2.24) is 9.58 Å². The molecule has 1 saturated heterocycles. The monoisotopic (exact) mass is 271 g/mol. The number of nitrogens with two attached hydrogens (primary N) is 1. The van der Waals surface area contributed by atoms with Gasteiger partial charge in [-0.05, 0) is 69.6 Å². The number of aromatic nitrogens is 1. The number of rotatable bonds is 2. The zero-order chi connectivity index (χ0) is 14.3. The number of benzene rings is 1. The maximum absolute atomic E-state index is 11.6. The van der Waals surface area contributed by atoms with E-state index in [0.717, 1.165) is 42.4 Å². The molecule has 20 heavy (non-hydrogen) atoms. The van der Waals surface area contributed by atoms with E-state index in [1.165, 1.54) is 5.56 Å². The zero-order valence-corrected chi connectivity index (χ0v) is 12.1. The Hall–Kier alpha value is -1.81. The number of nitrogens with zero attached hydrogens (tertiary/aromatic N) is 2. The Labute approximate surface area is 119 Å². The molecule has 2 heterocycles. The van der Waals surface area contributed by atoms with Crippen LogP contribution in [0.25, 0.3) is 10.9 Å². The maximum atomic E-state index is 11.6. The zero-order valence-electron chi connectivity index (χ0n) is 12.1. The third-order valence-electron chi connectivity index (χ3n) is 4.43. The molecule has 1 aliphatic heterocycles. The highest BCUT2D eigenvalue weighted by Crippen LogP contribution is 2.34. The molecular weight excluding hydrogens is 250 g/mol. The lowest BCUT2D eigenvalue weighted by Gasteiger charge is -2.28. The molecule has 2 aromatic rings. The molecule has 0 amide bonds. The van der Waals surface area contributed by atoms with Gasteiger partial charge in [0.2, 0.25) is 0 Å². The molecule has 4 nitrogen and oxygen atoms in total. The second-order valence-corrected chi connectivity index (χ2v) is 5.86. The highest BCUT2D eigenvalue weighted by Gasteiger charge is 2.22. The Bertz CT molecular complexity index is 651. The fourth-order valence-electron chi connectivity index (χ4n) is 3.15. The van der Waals surface area contributed by atoms with Crippen molar-refractivity contribution in [3.63, 3.8) is 0 Å². The highest BCUT2D eigenvalue weighted by molar-refractivity contribution is 5.99. The van der Waals surface area contributed by atoms with Crippen molar-refractivity contribution in [3.8, 4) is 0 Å². The summed E-state index contributed by atoms with van der Waals surface area (Å²) in [6.07, 6.45) is 4.34. The lowest BCUT2D eigenvalue weighted by molar-refractivity contribution is 0.101. The fourth-order valence-corrected chi connectivity index (χ4v) is 3.15. The number of ketones is 1. The summed E-state index contributed by atoms with van der Waals surface area (Å²) >= 11 is 0. The van der Waals surface area contributed by atoms with Crippen molar-refractivity contribution in [3.05, 3.63) is 35.5 Å². The average molecular weight is 271 g/mol. The Kier molecular flexibility index (Phi) is 3.26. The molecule has 3 rings (SSSR count). The third-order valence-corrected chi connectivity index (χ3v) is 4.43. The Morgan fingerprint density at radius 3 is 2.65 bits per heavy atom. The SMILES string of the molecule is CC(=O)c1ccc2c(c1)c(C1CCN(C)CC1)cn2N. The molecule has 0 saturated carbocycles. The van der Waals surface area contributed by atoms with Crippen molar-refractivity contribution >= 4 is 16.7 Å². The van der Waals surface area contributed by atoms with Crippen molar-refractivity contribution in [2.24, 2.45) is 0 Å². The van der Waals surface area contributed by atoms with Gasteiger partial charge in [0.15, 0.2) is 5.78 Å². The molecule has 0 bridgehead atoms. The maximum Gasteiger partial charge on any atom is 0.159 e. The van der Waals surface area contributed by atoms with Crippen LogP contribution >= 0.6 is 0 Å². The van der Waals surface area contributed by atoms with Crippen LogP contribution in [-0.4, -0.2) is 35.5 Å². The van der Waals surface area contributed by atoms with Gasteiger partial charge in [0.25, 0.3) is 0 Å². The highest BCUT2D eigenvalue weighted by atomic mass is 16.1. The normalized spacial score (nSPS) is 17.7. The first-order valence-corrected chi connectivity index (χ1v) is 7.16. The average Bonchev–Trinajstić information content (AvgIpc) is 2.76. The Morgan fingerprint density at radius 1 is 1.30 bits per heavy atom. The van der Waals surface area contributed by atoms with Crippen LogP contribution < -0.4 is 5.84 Å². The molecule has 1 aromatic carbocycles. The van der Waals surface area contributed by atoms with Gasteiger partial charge in [0.1, 0.15) is 0 Å². The van der Waals surface area contributed by atoms with Gasteiger partial charge in [-0.25, -0.2) is 0 Å². The summed E-state index contributed by atoms with van der Waals surface area (Å²) in [5.74, 6) is 6.70. The van der Waals surface area contributed by atoms with Crippen LogP contribution in [0.5, 0.6) is 0 Å². The van der Waals surface area contributed by atoms with Crippen LogP contribution in [0.2, 0.25) is 0 Å². The van der Waals surface area contributed by atoms with Crippen molar-refractivity contribution < 1.29 is 4.79 Å². The number of fused-ring (bicyclic) bond motifs is 1. The van der Waals surface area contributed by atoms with Gasteiger partial charge in [0.05, 0.1) is 5.52 Å². The number of Topliss-reactive ketones (excluding diaryl/α,β-unsaturated/α-hetero) is 1. The molecule has 0 unspecified atom stereocenters. The molecule has 4 heteroatoms. The largest absolute Gasteiger partial charge is 0.339 e. The summed E-state index contributed by atoms with van der Waals surface area (Å²) in [7, 11) is 2.16. The molecular formula is C16H21N3O. The minimum Gasteiger partial charge on any atom is -0.339 e. The minimum atomic E-state index is 0.103. The molecule has 2 N–H and O–H groups in total. The van der Waals surface area contributed by atoms with Gasteiger partial charge in [0, 0.05) is 17.1 Å². The van der Waals surface area contributed by atoms with Crippen LogP contribution in [0.15, 0.2) is 24.4 Å². The van der Waals surface area contributed by atoms with E-state index in [1.54, 1.807) is 11.6 Å². The molecule has 1 aromatic heterocycles. The Balaban J connectivity index is 2.05. The molecule has 106 valence electrons. The number of carbonyl (C=O) groups excluding carboxylic acids is 1. The smallest absolute Gasteiger partial charge is 0.159 e. The number of nitrogen functional groups attached to an aromatic ring is 1. The summed E-state index contributed by atoms with van der Waals surface area (Å²) in [6, 6.07) is 5.80. The van der Waals surface area contributed by atoms with Crippen molar-refractivity contribution in [2.75, 3.05) is 26.0 Å². The van der Waals surface area contributed by atoms with E-state index in [9.17, 15) is 4.79 Å². The number of piperidine rings is 1. The summed E-state index contributed by atoms with van der Waals surface area (Å²) in [6.45, 7) is 3.85. The lowest BCUT2D eigenvalue weighted by Crippen LogP contribution is -2.29. The van der Waals surface area contributed by atoms with Gasteiger partial charge < -0.3 is 10.7 Å². The van der Waals surface area contributed by atoms with Gasteiger partial charge in [-0.15, -0.1) is 0 Å². The summed E-state index contributed by atoms with van der Waals surface area (Å²) < 4.78 is 1.69. The number of hydrogen-bond acceptors (Lipinski definition) is 3. The standard InChI is InChI=1S/C16H21N3O/c1-11(20)13-3-4-16-14(9-13)15(10-19(16)17)12-5-7-18(2)8-6-12/h3-4,9-10,12H,5-8,17H2,1-2H3. The van der Waals surface area contributed by atoms with Crippen LogP contribution in [0.4, 0.5) is 0 Å². The van der Waals surface area contributed by atoms with Gasteiger partial charge in [-0.2, -0.15) is 0 Å². The minimum absolute atomic E-state index is 0.103. The molecule has 1 fully saturated rings. The van der Waals surface area contributed by atoms with Crippen LogP contribution in [-0.2, 0) is 0 Å². The van der Waals surface area contributed by atoms with E-state index in [1.807, 2.05) is 24.4 Å². The topological polar surface area (TPSA) is 51.3 Å². The summed E-state index contributed by atoms with van der Waals surface area (Å²) in [4.78, 5) is 13.9. The predicted molar refractivity (Wildman–Crippen MR) is 81.6 cm³/mol. The van der Waals surface area contributed by atoms with Crippen molar-refractivity contribution in [1.29, 1.82) is 0 Å². The van der Waals surface area contributed by atoms with E-state index in [-0.39, 0.29) is 5.78 Å². The number of hydrogen-bond donors (Lipinski definition) is 1. The van der Waals surface area contributed by atoms with Gasteiger partial charge >= 0.3 is 0 Å². The first-order chi connectivity index (χ1) is 9.56. The quantitative estimate of drug-likeness (QED) is 0.674. The molecule has 1 aliphatic rings. The van der Waals surface area contributed by atoms with Gasteiger partial charge in [-0.1, -0.05) is 0 Å². The van der Waals surface area contributed by atoms with E-state index in [2.05, 4.69) is 11.9 Å². The van der Waals surface area contributed by atoms with E-state index in [4.69, 9.17) is 5.84 Å². The van der Waals surface area contributed by atoms with Crippen LogP contribution in [0.1, 0.15) is 41.6 Å². The van der Waals surface area contributed by atoms with Crippen molar-refractivity contribution in [2.45, 2.75) is 25.7 Å². The fraction of sp³-hybridized carbons (Fsp3) is 0.438. The predicted octanol–water partition coefficient (Wildman–Crippen LogP) is 2.37. The van der Waals surface area contributed by atoms with E-state index in [0.29, 0.717) is 5.92 Å². The number of likely N-dealkylation sites (tertiary alicyclic amines) is 1. The summed E-state index contributed by atoms with van der Waals surface area (Å²) in [5.41, 5.74) is 3.06. The molecule has 0 spiro atoms. The van der Waals surface area contributed by atoms with Gasteiger partial charge in [-0.3, -0.25) is 9.47 Å². The third kappa shape index (κ3) is 2.20. The molecule has 0 aliphatic carbocycles. The second-order valence-electron chi connectivity index (χ2n) is 5.86. The Morgan fingerprint density at radius 2 is 2.00 bits per heavy atom. The summed E-state index contributed by atoms with van der Waals surface area (Å²) in [5, 5.41) is 1.13. The first kappa shape index (κ1) is 13.2. The number of carbonyl (C=O) groups is 1. The van der Waals surface area contributed by atoms with E-state index < -0.39 is 0 Å².